The van der Waals surface area contributed by atoms with Crippen molar-refractivity contribution in [2.45, 2.75) is 13.3 Å². The lowest BCUT2D eigenvalue weighted by molar-refractivity contribution is 0.147. The molecule has 0 bridgehead atoms. The van der Waals surface area contributed by atoms with Crippen LogP contribution in [0.1, 0.15) is 13.3 Å². The Morgan fingerprint density at radius 3 is 2.50 bits per heavy atom. The highest BCUT2D eigenvalue weighted by molar-refractivity contribution is 6.39. The second-order valence-electron chi connectivity index (χ2n) is 3.22. The number of anilines is 1. The number of nitrogens with one attached hydrogen (secondary N) is 1. The number of rotatable bonds is 6. The SMILES string of the molecule is CCOCCCNc1c(Cl)cc(F)cc1Cl. The van der Waals surface area contributed by atoms with Gasteiger partial charge in [0.15, 0.2) is 0 Å². The Morgan fingerprint density at radius 2 is 1.94 bits per heavy atom. The van der Waals surface area contributed by atoms with E-state index in [0.29, 0.717) is 35.5 Å². The highest BCUT2D eigenvalue weighted by atomic mass is 35.5. The minimum atomic E-state index is -0.435. The molecule has 0 radical (unpaired) electrons. The van der Waals surface area contributed by atoms with E-state index in [-0.39, 0.29) is 0 Å². The van der Waals surface area contributed by atoms with Crippen LogP contribution in [0.4, 0.5) is 10.1 Å². The molecule has 0 amide bonds. The van der Waals surface area contributed by atoms with Crippen molar-refractivity contribution in [1.82, 2.24) is 0 Å². The molecule has 1 aromatic carbocycles. The van der Waals surface area contributed by atoms with Crippen LogP contribution >= 0.6 is 23.2 Å². The van der Waals surface area contributed by atoms with Gasteiger partial charge in [0.2, 0.25) is 0 Å². The Morgan fingerprint density at radius 1 is 1.31 bits per heavy atom. The molecule has 1 rings (SSSR count). The summed E-state index contributed by atoms with van der Waals surface area (Å²) in [5.74, 6) is -0.435. The van der Waals surface area contributed by atoms with E-state index < -0.39 is 5.82 Å². The smallest absolute Gasteiger partial charge is 0.126 e. The number of hydrogen-bond donors (Lipinski definition) is 1. The molecule has 1 aromatic rings. The molecule has 0 heterocycles. The molecule has 0 spiro atoms. The summed E-state index contributed by atoms with van der Waals surface area (Å²) in [4.78, 5) is 0. The normalized spacial score (nSPS) is 10.5. The second kappa shape index (κ2) is 6.94. The summed E-state index contributed by atoms with van der Waals surface area (Å²) < 4.78 is 18.1. The van der Waals surface area contributed by atoms with E-state index in [1.54, 1.807) is 0 Å². The zero-order valence-corrected chi connectivity index (χ0v) is 10.5. The first-order valence-electron chi connectivity index (χ1n) is 5.11. The molecule has 1 N–H and O–H groups in total. The standard InChI is InChI=1S/C11H14Cl2FNO/c1-2-16-5-3-4-15-11-9(12)6-8(14)7-10(11)13/h6-7,15H,2-5H2,1H3. The third-order valence-electron chi connectivity index (χ3n) is 1.98. The number of halogens is 3. The molecule has 90 valence electrons. The fraction of sp³-hybridized carbons (Fsp3) is 0.455. The van der Waals surface area contributed by atoms with Gasteiger partial charge in [0.1, 0.15) is 5.82 Å². The number of benzene rings is 1. The molecular formula is C11H14Cl2FNO. The van der Waals surface area contributed by atoms with E-state index >= 15 is 0 Å². The Bertz CT molecular complexity index is 324. The lowest BCUT2D eigenvalue weighted by atomic mass is 10.3. The van der Waals surface area contributed by atoms with E-state index in [9.17, 15) is 4.39 Å². The Hall–Kier alpha value is -0.510. The van der Waals surface area contributed by atoms with Crippen LogP contribution in [0.3, 0.4) is 0 Å². The zero-order valence-electron chi connectivity index (χ0n) is 9.03. The van der Waals surface area contributed by atoms with Crippen LogP contribution in [0.15, 0.2) is 12.1 Å². The topological polar surface area (TPSA) is 21.3 Å². The Kier molecular flexibility index (Phi) is 5.88. The monoisotopic (exact) mass is 265 g/mol. The highest BCUT2D eigenvalue weighted by Gasteiger charge is 2.07. The fourth-order valence-electron chi connectivity index (χ4n) is 1.24. The van der Waals surface area contributed by atoms with Crippen LogP contribution in [-0.4, -0.2) is 19.8 Å². The Balaban J connectivity index is 2.47. The van der Waals surface area contributed by atoms with Gasteiger partial charge in [0.05, 0.1) is 15.7 Å². The first kappa shape index (κ1) is 13.6. The van der Waals surface area contributed by atoms with E-state index in [1.807, 2.05) is 6.92 Å². The molecule has 0 aromatic heterocycles. The van der Waals surface area contributed by atoms with Gasteiger partial charge in [-0.3, -0.25) is 0 Å². The first-order chi connectivity index (χ1) is 7.65. The summed E-state index contributed by atoms with van der Waals surface area (Å²) in [5.41, 5.74) is 0.571. The van der Waals surface area contributed by atoms with Gasteiger partial charge in [-0.15, -0.1) is 0 Å². The number of ether oxygens (including phenoxy) is 1. The van der Waals surface area contributed by atoms with Crippen molar-refractivity contribution in [2.24, 2.45) is 0 Å². The third-order valence-corrected chi connectivity index (χ3v) is 2.57. The van der Waals surface area contributed by atoms with Crippen LogP contribution in [0.2, 0.25) is 10.0 Å². The van der Waals surface area contributed by atoms with Gasteiger partial charge in [-0.05, 0) is 25.5 Å². The molecule has 0 fully saturated rings. The number of hydrogen-bond acceptors (Lipinski definition) is 2. The maximum Gasteiger partial charge on any atom is 0.126 e. The minimum absolute atomic E-state index is 0.293. The van der Waals surface area contributed by atoms with Gasteiger partial charge in [-0.25, -0.2) is 4.39 Å². The van der Waals surface area contributed by atoms with Crippen LogP contribution in [-0.2, 0) is 4.74 Å². The lowest BCUT2D eigenvalue weighted by Crippen LogP contribution is -2.06. The van der Waals surface area contributed by atoms with Crippen LogP contribution < -0.4 is 5.32 Å². The average Bonchev–Trinajstić information content (AvgIpc) is 2.20. The van der Waals surface area contributed by atoms with Crippen LogP contribution in [0, 0.1) is 5.82 Å². The maximum atomic E-state index is 12.9. The molecular weight excluding hydrogens is 252 g/mol. The molecule has 0 saturated heterocycles. The predicted octanol–water partition coefficient (Wildman–Crippen LogP) is 3.97. The summed E-state index contributed by atoms with van der Waals surface area (Å²) in [5, 5.41) is 3.64. The lowest BCUT2D eigenvalue weighted by Gasteiger charge is -2.10. The van der Waals surface area contributed by atoms with Gasteiger partial charge in [0, 0.05) is 19.8 Å². The van der Waals surface area contributed by atoms with E-state index in [2.05, 4.69) is 5.32 Å². The summed E-state index contributed by atoms with van der Waals surface area (Å²) in [6.07, 6.45) is 0.845. The van der Waals surface area contributed by atoms with Gasteiger partial charge in [0.25, 0.3) is 0 Å². The highest BCUT2D eigenvalue weighted by Crippen LogP contribution is 2.31. The molecule has 0 aliphatic carbocycles. The van der Waals surface area contributed by atoms with E-state index in [4.69, 9.17) is 27.9 Å². The minimum Gasteiger partial charge on any atom is -0.383 e. The summed E-state index contributed by atoms with van der Waals surface area (Å²) >= 11 is 11.7. The van der Waals surface area contributed by atoms with Crippen LogP contribution in [0.25, 0.3) is 0 Å². The Labute approximate surface area is 105 Å². The van der Waals surface area contributed by atoms with E-state index in [0.717, 1.165) is 6.42 Å². The first-order valence-corrected chi connectivity index (χ1v) is 5.87. The molecule has 2 nitrogen and oxygen atoms in total. The maximum absolute atomic E-state index is 12.9. The fourth-order valence-corrected chi connectivity index (χ4v) is 1.84. The molecule has 0 atom stereocenters. The zero-order chi connectivity index (χ0) is 12.0. The van der Waals surface area contributed by atoms with Crippen molar-refractivity contribution >= 4 is 28.9 Å². The van der Waals surface area contributed by atoms with Gasteiger partial charge in [-0.1, -0.05) is 23.2 Å². The summed E-state index contributed by atoms with van der Waals surface area (Å²) in [6.45, 7) is 4.02. The molecule has 5 heteroatoms. The van der Waals surface area contributed by atoms with Crippen molar-refractivity contribution in [3.8, 4) is 0 Å². The molecule has 0 aliphatic rings. The van der Waals surface area contributed by atoms with Crippen molar-refractivity contribution in [3.05, 3.63) is 28.0 Å². The molecule has 16 heavy (non-hydrogen) atoms. The quantitative estimate of drug-likeness (QED) is 0.786. The van der Waals surface area contributed by atoms with E-state index in [1.165, 1.54) is 12.1 Å². The predicted molar refractivity (Wildman–Crippen MR) is 66.0 cm³/mol. The summed E-state index contributed by atoms with van der Waals surface area (Å²) in [6, 6.07) is 2.47. The summed E-state index contributed by atoms with van der Waals surface area (Å²) in [7, 11) is 0. The largest absolute Gasteiger partial charge is 0.383 e. The van der Waals surface area contributed by atoms with Crippen molar-refractivity contribution in [3.63, 3.8) is 0 Å². The van der Waals surface area contributed by atoms with Gasteiger partial charge >= 0.3 is 0 Å². The third kappa shape index (κ3) is 4.16. The van der Waals surface area contributed by atoms with Crippen LogP contribution in [0.5, 0.6) is 0 Å². The molecule has 0 unspecified atom stereocenters. The van der Waals surface area contributed by atoms with Crippen molar-refractivity contribution < 1.29 is 9.13 Å². The van der Waals surface area contributed by atoms with Crippen molar-refractivity contribution in [2.75, 3.05) is 25.1 Å². The van der Waals surface area contributed by atoms with Crippen molar-refractivity contribution in [1.29, 1.82) is 0 Å². The van der Waals surface area contributed by atoms with Gasteiger partial charge in [-0.2, -0.15) is 0 Å². The molecule has 0 saturated carbocycles. The molecule has 0 aliphatic heterocycles. The second-order valence-corrected chi connectivity index (χ2v) is 4.04. The average molecular weight is 266 g/mol. The van der Waals surface area contributed by atoms with Gasteiger partial charge < -0.3 is 10.1 Å².